The summed E-state index contributed by atoms with van der Waals surface area (Å²) in [6.07, 6.45) is 1.44. The third-order valence-corrected chi connectivity index (χ3v) is 4.72. The van der Waals surface area contributed by atoms with Crippen molar-refractivity contribution in [3.8, 4) is 5.75 Å². The summed E-state index contributed by atoms with van der Waals surface area (Å²) in [6.45, 7) is -0.199. The lowest BCUT2D eigenvalue weighted by molar-refractivity contribution is -0.120. The highest BCUT2D eigenvalue weighted by atomic mass is 79.9. The van der Waals surface area contributed by atoms with Crippen LogP contribution in [0.3, 0.4) is 0 Å². The smallest absolute Gasteiger partial charge is 0.344 e. The Balaban J connectivity index is 1.46. The van der Waals surface area contributed by atoms with E-state index in [4.69, 9.17) is 4.74 Å². The molecule has 0 spiro atoms. The van der Waals surface area contributed by atoms with Crippen LogP contribution in [0.4, 0.5) is 0 Å². The van der Waals surface area contributed by atoms with E-state index in [1.807, 2.05) is 6.07 Å². The first kappa shape index (κ1) is 21.9. The van der Waals surface area contributed by atoms with Gasteiger partial charge in [-0.25, -0.2) is 10.2 Å². The van der Waals surface area contributed by atoms with Crippen LogP contribution in [0.1, 0.15) is 26.3 Å². The van der Waals surface area contributed by atoms with Crippen LogP contribution in [0.25, 0.3) is 0 Å². The van der Waals surface area contributed by atoms with E-state index in [0.717, 1.165) is 0 Å². The van der Waals surface area contributed by atoms with Gasteiger partial charge < -0.3 is 10.1 Å². The van der Waals surface area contributed by atoms with E-state index in [1.165, 1.54) is 6.21 Å². The molecule has 3 rings (SSSR count). The molecule has 0 bridgehead atoms. The third kappa shape index (κ3) is 6.61. The van der Waals surface area contributed by atoms with E-state index < -0.39 is 11.9 Å². The van der Waals surface area contributed by atoms with E-state index in [-0.39, 0.29) is 12.5 Å². The molecule has 0 unspecified atom stereocenters. The molecule has 2 amide bonds. The maximum absolute atomic E-state index is 12.2. The van der Waals surface area contributed by atoms with Crippen LogP contribution in [0.15, 0.2) is 88.4 Å². The third-order valence-electron chi connectivity index (χ3n) is 4.03. The molecule has 0 saturated heterocycles. The number of ether oxygens (including phenoxy) is 1. The van der Waals surface area contributed by atoms with Crippen LogP contribution in [0, 0.1) is 0 Å². The molecule has 0 radical (unpaired) electrons. The van der Waals surface area contributed by atoms with Gasteiger partial charge in [0, 0.05) is 10.0 Å². The minimum atomic E-state index is -0.473. The molecular formula is C23H18BrN3O4. The molecule has 3 aromatic rings. The number of hydrogen-bond donors (Lipinski definition) is 2. The highest BCUT2D eigenvalue weighted by molar-refractivity contribution is 9.10. The maximum Gasteiger partial charge on any atom is 0.344 e. The van der Waals surface area contributed by atoms with Gasteiger partial charge in [0.05, 0.1) is 18.3 Å². The van der Waals surface area contributed by atoms with Crippen LogP contribution in [0.2, 0.25) is 0 Å². The van der Waals surface area contributed by atoms with Gasteiger partial charge in [-0.05, 0) is 70.0 Å². The summed E-state index contributed by atoms with van der Waals surface area (Å²) in [5.41, 5.74) is 3.92. The van der Waals surface area contributed by atoms with Crippen molar-refractivity contribution in [1.82, 2.24) is 10.7 Å². The molecule has 0 saturated carbocycles. The van der Waals surface area contributed by atoms with Gasteiger partial charge >= 0.3 is 5.97 Å². The van der Waals surface area contributed by atoms with E-state index in [0.29, 0.717) is 26.9 Å². The van der Waals surface area contributed by atoms with Crippen LogP contribution in [0.5, 0.6) is 5.75 Å². The van der Waals surface area contributed by atoms with Gasteiger partial charge in [0.25, 0.3) is 11.8 Å². The average Bonchev–Trinajstić information content (AvgIpc) is 2.79. The zero-order chi connectivity index (χ0) is 22.1. The number of hydrogen-bond acceptors (Lipinski definition) is 5. The number of halogens is 1. The molecule has 0 aliphatic heterocycles. The van der Waals surface area contributed by atoms with Gasteiger partial charge in [0.1, 0.15) is 5.75 Å². The highest BCUT2D eigenvalue weighted by Crippen LogP contribution is 2.19. The first-order chi connectivity index (χ1) is 15.0. The lowest BCUT2D eigenvalue weighted by Crippen LogP contribution is -2.34. The topological polar surface area (TPSA) is 96.9 Å². The Morgan fingerprint density at radius 3 is 2.29 bits per heavy atom. The van der Waals surface area contributed by atoms with E-state index in [1.54, 1.807) is 72.8 Å². The van der Waals surface area contributed by atoms with E-state index >= 15 is 0 Å². The van der Waals surface area contributed by atoms with Crippen molar-refractivity contribution < 1.29 is 19.1 Å². The Morgan fingerprint density at radius 1 is 0.903 bits per heavy atom. The Labute approximate surface area is 187 Å². The number of nitrogens with one attached hydrogen (secondary N) is 2. The lowest BCUT2D eigenvalue weighted by Gasteiger charge is -2.06. The minimum absolute atomic E-state index is 0.199. The van der Waals surface area contributed by atoms with Crippen molar-refractivity contribution in [3.05, 3.63) is 100 Å². The highest BCUT2D eigenvalue weighted by Gasteiger charge is 2.11. The molecule has 3 aromatic carbocycles. The van der Waals surface area contributed by atoms with Crippen LogP contribution >= 0.6 is 15.9 Å². The fraction of sp³-hybridized carbons (Fsp3) is 0.0435. The predicted octanol–water partition coefficient (Wildman–Crippen LogP) is 3.55. The number of benzene rings is 3. The van der Waals surface area contributed by atoms with Gasteiger partial charge in [0.2, 0.25) is 0 Å². The molecule has 0 heterocycles. The second-order valence-corrected chi connectivity index (χ2v) is 7.13. The summed E-state index contributed by atoms with van der Waals surface area (Å²) < 4.78 is 6.00. The molecule has 0 aliphatic carbocycles. The molecule has 7 nitrogen and oxygen atoms in total. The number of hydrazone groups is 1. The molecule has 0 aliphatic rings. The largest absolute Gasteiger partial charge is 0.423 e. The quantitative estimate of drug-likeness (QED) is 0.234. The number of amides is 2. The lowest BCUT2D eigenvalue weighted by atomic mass is 10.2. The molecule has 31 heavy (non-hydrogen) atoms. The van der Waals surface area contributed by atoms with Gasteiger partial charge in [-0.2, -0.15) is 5.10 Å². The number of carbonyl (C=O) groups is 3. The van der Waals surface area contributed by atoms with Crippen molar-refractivity contribution in [1.29, 1.82) is 0 Å². The molecule has 8 heteroatoms. The number of carbonyl (C=O) groups excluding carboxylic acids is 3. The standard InChI is InChI=1S/C23H18BrN3O4/c24-20-9-5-4-8-19(20)23(30)31-18-12-10-16(11-13-18)14-26-27-21(28)15-25-22(29)17-6-2-1-3-7-17/h1-14H,15H2,(H,25,29)(H,27,28). The maximum atomic E-state index is 12.2. The SMILES string of the molecule is O=C(CNC(=O)c1ccccc1)NN=Cc1ccc(OC(=O)c2ccccc2Br)cc1. The van der Waals surface area contributed by atoms with Crippen molar-refractivity contribution in [3.63, 3.8) is 0 Å². The molecule has 0 atom stereocenters. The monoisotopic (exact) mass is 479 g/mol. The molecule has 2 N–H and O–H groups in total. The normalized spacial score (nSPS) is 10.5. The van der Waals surface area contributed by atoms with Gasteiger partial charge in [-0.1, -0.05) is 30.3 Å². The summed E-state index contributed by atoms with van der Waals surface area (Å²) in [5.74, 6) is -0.892. The summed E-state index contributed by atoms with van der Waals surface area (Å²) >= 11 is 3.32. The molecular weight excluding hydrogens is 462 g/mol. The fourth-order valence-corrected chi connectivity index (χ4v) is 2.93. The molecule has 156 valence electrons. The van der Waals surface area contributed by atoms with Crippen molar-refractivity contribution >= 4 is 39.9 Å². The van der Waals surface area contributed by atoms with Gasteiger partial charge in [0.15, 0.2) is 0 Å². The second kappa shape index (κ2) is 10.8. The molecule has 0 aromatic heterocycles. The summed E-state index contributed by atoms with van der Waals surface area (Å²) in [5, 5.41) is 6.37. The van der Waals surface area contributed by atoms with Crippen molar-refractivity contribution in [2.24, 2.45) is 5.10 Å². The zero-order valence-electron chi connectivity index (χ0n) is 16.2. The van der Waals surface area contributed by atoms with Crippen LogP contribution in [-0.4, -0.2) is 30.5 Å². The number of nitrogens with zero attached hydrogens (tertiary/aromatic N) is 1. The van der Waals surface area contributed by atoms with Crippen molar-refractivity contribution in [2.75, 3.05) is 6.54 Å². The van der Waals surface area contributed by atoms with Crippen LogP contribution < -0.4 is 15.5 Å². The molecule has 0 fully saturated rings. The van der Waals surface area contributed by atoms with Gasteiger partial charge in [-0.15, -0.1) is 0 Å². The Morgan fingerprint density at radius 2 is 1.58 bits per heavy atom. The Hall–Kier alpha value is -3.78. The minimum Gasteiger partial charge on any atom is -0.423 e. The average molecular weight is 480 g/mol. The second-order valence-electron chi connectivity index (χ2n) is 6.28. The first-order valence-corrected chi connectivity index (χ1v) is 10.0. The summed E-state index contributed by atoms with van der Waals surface area (Å²) in [7, 11) is 0. The van der Waals surface area contributed by atoms with E-state index in [9.17, 15) is 14.4 Å². The fourth-order valence-electron chi connectivity index (χ4n) is 2.48. The summed E-state index contributed by atoms with van der Waals surface area (Å²) in [4.78, 5) is 35.9. The van der Waals surface area contributed by atoms with E-state index in [2.05, 4.69) is 31.8 Å². The predicted molar refractivity (Wildman–Crippen MR) is 120 cm³/mol. The Kier molecular flexibility index (Phi) is 7.67. The number of esters is 1. The summed E-state index contributed by atoms with van der Waals surface area (Å²) in [6, 6.07) is 22.2. The first-order valence-electron chi connectivity index (χ1n) is 9.25. The number of rotatable bonds is 7. The van der Waals surface area contributed by atoms with Crippen LogP contribution in [-0.2, 0) is 4.79 Å². The Bertz CT molecular complexity index is 1100. The zero-order valence-corrected chi connectivity index (χ0v) is 17.8. The van der Waals surface area contributed by atoms with Crippen molar-refractivity contribution in [2.45, 2.75) is 0 Å². The van der Waals surface area contributed by atoms with Gasteiger partial charge in [-0.3, -0.25) is 9.59 Å².